The zero-order valence-electron chi connectivity index (χ0n) is 9.81. The van der Waals surface area contributed by atoms with Gasteiger partial charge in [0.15, 0.2) is 0 Å². The topological polar surface area (TPSA) is 47.6 Å². The predicted molar refractivity (Wildman–Crippen MR) is 59.0 cm³/mol. The average Bonchev–Trinajstić information content (AvgIpc) is 2.87. The lowest BCUT2D eigenvalue weighted by molar-refractivity contribution is -0.212. The third kappa shape index (κ3) is 3.68. The van der Waals surface area contributed by atoms with Crippen LogP contribution in [0, 0.1) is 0 Å². The van der Waals surface area contributed by atoms with Gasteiger partial charge in [-0.15, -0.1) is 0 Å². The van der Waals surface area contributed by atoms with Crippen molar-refractivity contribution in [2.24, 2.45) is 0 Å². The molecule has 0 spiro atoms. The number of nitrogens with one attached hydrogen (secondary N) is 1. The molecule has 1 fully saturated rings. The maximum Gasteiger partial charge on any atom is 0.428 e. The Bertz CT molecular complexity index is 436. The second-order valence-corrected chi connectivity index (χ2v) is 4.07. The lowest BCUT2D eigenvalue weighted by Gasteiger charge is -2.14. The monoisotopic (exact) mass is 275 g/mol. The first-order valence-corrected chi connectivity index (χ1v) is 5.62. The van der Waals surface area contributed by atoms with E-state index in [9.17, 15) is 18.0 Å². The molecule has 0 aromatic heterocycles. The van der Waals surface area contributed by atoms with Gasteiger partial charge in [0.05, 0.1) is 6.61 Å². The summed E-state index contributed by atoms with van der Waals surface area (Å²) < 4.78 is 46.3. The number of hydrogen-bond donors (Lipinski definition) is 1. The molecule has 19 heavy (non-hydrogen) atoms. The predicted octanol–water partition coefficient (Wildman–Crippen LogP) is 1.61. The van der Waals surface area contributed by atoms with E-state index in [-0.39, 0.29) is 13.2 Å². The second kappa shape index (κ2) is 5.58. The fraction of sp³-hybridized carbons (Fsp3) is 0.417. The van der Waals surface area contributed by atoms with Crippen molar-refractivity contribution in [3.8, 4) is 0 Å². The Kier molecular flexibility index (Phi) is 4.06. The molecule has 1 aliphatic rings. The van der Waals surface area contributed by atoms with E-state index in [2.05, 4.69) is 4.74 Å². The van der Waals surface area contributed by atoms with Crippen LogP contribution in [0.15, 0.2) is 30.3 Å². The summed E-state index contributed by atoms with van der Waals surface area (Å²) in [5.41, 5.74) is 0.766. The van der Waals surface area contributed by atoms with Crippen LogP contribution < -0.4 is 5.32 Å². The first kappa shape index (κ1) is 13.8. The number of rotatable bonds is 3. The van der Waals surface area contributed by atoms with E-state index in [0.717, 1.165) is 5.56 Å². The number of alkyl halides is 3. The maximum atomic E-state index is 12.3. The van der Waals surface area contributed by atoms with Crippen LogP contribution in [-0.4, -0.2) is 31.0 Å². The Morgan fingerprint density at radius 1 is 1.37 bits per heavy atom. The third-order valence-corrected chi connectivity index (χ3v) is 2.59. The largest absolute Gasteiger partial charge is 0.460 e. The van der Waals surface area contributed by atoms with Crippen molar-refractivity contribution < 1.29 is 27.4 Å². The van der Waals surface area contributed by atoms with Gasteiger partial charge in [0, 0.05) is 0 Å². The Morgan fingerprint density at radius 3 is 2.63 bits per heavy atom. The third-order valence-electron chi connectivity index (χ3n) is 2.59. The van der Waals surface area contributed by atoms with Gasteiger partial charge in [-0.25, -0.2) is 0 Å². The van der Waals surface area contributed by atoms with E-state index in [1.807, 2.05) is 11.4 Å². The Hall–Kier alpha value is -1.60. The van der Waals surface area contributed by atoms with Crippen LogP contribution in [0.2, 0.25) is 0 Å². The highest BCUT2D eigenvalue weighted by atomic mass is 19.4. The fourth-order valence-electron chi connectivity index (χ4n) is 1.63. The van der Waals surface area contributed by atoms with Crippen LogP contribution in [0.25, 0.3) is 0 Å². The van der Waals surface area contributed by atoms with E-state index in [1.54, 1.807) is 24.3 Å². The average molecular weight is 275 g/mol. The zero-order chi connectivity index (χ0) is 13.9. The lowest BCUT2D eigenvalue weighted by atomic mass is 10.2. The SMILES string of the molecule is O=C(OCc1ccccc1)[C@@H]1CO[C@@H](C(F)(F)F)N1. The molecule has 104 valence electrons. The molecule has 0 aliphatic carbocycles. The number of halogens is 3. The standard InChI is InChI=1S/C12H12F3NO3/c13-12(14,15)11-16-9(7-19-11)10(17)18-6-8-4-2-1-3-5-8/h1-5,9,11,16H,6-7H2/t9-,11-/m0/s1. The number of ether oxygens (including phenoxy) is 2. The normalized spacial score (nSPS) is 23.3. The number of carbonyl (C=O) groups is 1. The van der Waals surface area contributed by atoms with Gasteiger partial charge in [0.25, 0.3) is 0 Å². The molecule has 1 N–H and O–H groups in total. The van der Waals surface area contributed by atoms with E-state index in [0.29, 0.717) is 0 Å². The van der Waals surface area contributed by atoms with Gasteiger partial charge < -0.3 is 9.47 Å². The van der Waals surface area contributed by atoms with Gasteiger partial charge in [0.2, 0.25) is 6.23 Å². The number of hydrogen-bond acceptors (Lipinski definition) is 4. The number of benzene rings is 1. The maximum absolute atomic E-state index is 12.3. The smallest absolute Gasteiger partial charge is 0.428 e. The Labute approximate surface area is 107 Å². The molecule has 4 nitrogen and oxygen atoms in total. The quantitative estimate of drug-likeness (QED) is 0.851. The summed E-state index contributed by atoms with van der Waals surface area (Å²) in [5.74, 6) is -0.754. The summed E-state index contributed by atoms with van der Waals surface area (Å²) in [6.07, 6.45) is -6.64. The molecule has 1 saturated heterocycles. The van der Waals surface area contributed by atoms with Crippen molar-refractivity contribution in [3.63, 3.8) is 0 Å². The van der Waals surface area contributed by atoms with Gasteiger partial charge >= 0.3 is 12.1 Å². The van der Waals surface area contributed by atoms with Gasteiger partial charge in [-0.2, -0.15) is 13.2 Å². The Morgan fingerprint density at radius 2 is 2.05 bits per heavy atom. The van der Waals surface area contributed by atoms with Crippen LogP contribution in [0.5, 0.6) is 0 Å². The molecule has 1 aromatic rings. The molecular weight excluding hydrogens is 263 g/mol. The summed E-state index contributed by atoms with van der Waals surface area (Å²) in [4.78, 5) is 11.6. The minimum atomic E-state index is -4.53. The highest BCUT2D eigenvalue weighted by Crippen LogP contribution is 2.24. The summed E-state index contributed by atoms with van der Waals surface area (Å²) in [6.45, 7) is -0.327. The second-order valence-electron chi connectivity index (χ2n) is 4.07. The van der Waals surface area contributed by atoms with Crippen molar-refractivity contribution in [1.29, 1.82) is 0 Å². The number of carbonyl (C=O) groups excluding carboxylic acids is 1. The highest BCUT2D eigenvalue weighted by Gasteiger charge is 2.47. The van der Waals surface area contributed by atoms with Crippen molar-refractivity contribution in [1.82, 2.24) is 5.32 Å². The van der Waals surface area contributed by atoms with Gasteiger partial charge in [-0.3, -0.25) is 10.1 Å². The summed E-state index contributed by atoms with van der Waals surface area (Å²) in [5, 5.41) is 2.05. The van der Waals surface area contributed by atoms with Crippen LogP contribution in [-0.2, 0) is 20.9 Å². The lowest BCUT2D eigenvalue weighted by Crippen LogP contribution is -2.44. The summed E-state index contributed by atoms with van der Waals surface area (Å²) >= 11 is 0. The molecular formula is C12H12F3NO3. The minimum absolute atomic E-state index is 0.0224. The molecule has 1 aromatic carbocycles. The van der Waals surface area contributed by atoms with Crippen LogP contribution in [0.3, 0.4) is 0 Å². The minimum Gasteiger partial charge on any atom is -0.460 e. The molecule has 0 bridgehead atoms. The van der Waals surface area contributed by atoms with Crippen molar-refractivity contribution in [3.05, 3.63) is 35.9 Å². The molecule has 1 aliphatic heterocycles. The van der Waals surface area contributed by atoms with Crippen molar-refractivity contribution in [2.75, 3.05) is 6.61 Å². The van der Waals surface area contributed by atoms with Gasteiger partial charge in [-0.05, 0) is 5.56 Å². The van der Waals surface area contributed by atoms with Gasteiger partial charge in [0.1, 0.15) is 12.6 Å². The fourth-order valence-corrected chi connectivity index (χ4v) is 1.63. The molecule has 0 radical (unpaired) electrons. The molecule has 0 saturated carbocycles. The van der Waals surface area contributed by atoms with Crippen LogP contribution in [0.1, 0.15) is 5.56 Å². The van der Waals surface area contributed by atoms with E-state index >= 15 is 0 Å². The molecule has 2 rings (SSSR count). The Balaban J connectivity index is 1.82. The first-order valence-electron chi connectivity index (χ1n) is 5.62. The molecule has 2 atom stereocenters. The summed E-state index contributed by atoms with van der Waals surface area (Å²) in [6, 6.07) is 7.79. The zero-order valence-corrected chi connectivity index (χ0v) is 9.81. The molecule has 1 heterocycles. The van der Waals surface area contributed by atoms with E-state index < -0.39 is 24.4 Å². The van der Waals surface area contributed by atoms with E-state index in [1.165, 1.54) is 0 Å². The van der Waals surface area contributed by atoms with Crippen LogP contribution in [0.4, 0.5) is 13.2 Å². The molecule has 0 unspecified atom stereocenters. The number of esters is 1. The highest BCUT2D eigenvalue weighted by molar-refractivity contribution is 5.76. The van der Waals surface area contributed by atoms with Crippen LogP contribution >= 0.6 is 0 Å². The van der Waals surface area contributed by atoms with Crippen molar-refractivity contribution in [2.45, 2.75) is 25.1 Å². The summed E-state index contributed by atoms with van der Waals surface area (Å²) in [7, 11) is 0. The molecule has 7 heteroatoms. The van der Waals surface area contributed by atoms with Gasteiger partial charge in [-0.1, -0.05) is 30.3 Å². The first-order chi connectivity index (χ1) is 8.97. The van der Waals surface area contributed by atoms with E-state index in [4.69, 9.17) is 4.74 Å². The molecule has 0 amide bonds. The van der Waals surface area contributed by atoms with Crippen molar-refractivity contribution >= 4 is 5.97 Å².